The van der Waals surface area contributed by atoms with Crippen molar-refractivity contribution in [1.82, 2.24) is 10.2 Å². The van der Waals surface area contributed by atoms with Crippen molar-refractivity contribution in [3.05, 3.63) is 35.4 Å². The van der Waals surface area contributed by atoms with Crippen molar-refractivity contribution in [1.29, 1.82) is 0 Å². The highest BCUT2D eigenvalue weighted by Crippen LogP contribution is 2.50. The van der Waals surface area contributed by atoms with Gasteiger partial charge in [0.25, 0.3) is 0 Å². The smallest absolute Gasteiger partial charge is 0.335 e. The summed E-state index contributed by atoms with van der Waals surface area (Å²) in [5.74, 6) is -3.21. The van der Waals surface area contributed by atoms with Crippen LogP contribution in [0.25, 0.3) is 0 Å². The van der Waals surface area contributed by atoms with E-state index in [2.05, 4.69) is 5.32 Å². The molecule has 4 atom stereocenters. The van der Waals surface area contributed by atoms with Crippen LogP contribution >= 0.6 is 11.8 Å². The Balaban J connectivity index is 1.69. The van der Waals surface area contributed by atoms with Crippen LogP contribution in [0.5, 0.6) is 0 Å². The number of carboxylic acids is 2. The molecule has 0 bridgehead atoms. The first-order valence-corrected chi connectivity index (χ1v) is 9.04. The molecule has 2 saturated heterocycles. The van der Waals surface area contributed by atoms with Crippen molar-refractivity contribution in [2.45, 2.75) is 42.1 Å². The van der Waals surface area contributed by atoms with Crippen molar-refractivity contribution in [2.24, 2.45) is 5.73 Å². The fourth-order valence-corrected chi connectivity index (χ4v) is 5.00. The lowest BCUT2D eigenvalue weighted by molar-refractivity contribution is -0.161. The molecule has 10 heteroatoms. The van der Waals surface area contributed by atoms with Gasteiger partial charge in [0.05, 0.1) is 5.56 Å². The first-order valence-electron chi connectivity index (χ1n) is 8.16. The Kier molecular flexibility index (Phi) is 4.64. The number of amides is 2. The predicted octanol–water partition coefficient (Wildman–Crippen LogP) is 0.0163. The third-order valence-corrected chi connectivity index (χ3v) is 6.34. The zero-order valence-electron chi connectivity index (χ0n) is 14.6. The molecular weight excluding hydrogens is 374 g/mol. The molecular formula is C17H19N3O6S. The van der Waals surface area contributed by atoms with Gasteiger partial charge in [-0.3, -0.25) is 9.59 Å². The van der Waals surface area contributed by atoms with Gasteiger partial charge in [-0.05, 0) is 31.5 Å². The first kappa shape index (κ1) is 19.2. The lowest BCUT2D eigenvalue weighted by Crippen LogP contribution is -2.71. The van der Waals surface area contributed by atoms with Crippen LogP contribution in [0.2, 0.25) is 0 Å². The van der Waals surface area contributed by atoms with Gasteiger partial charge in [-0.25, -0.2) is 9.59 Å². The topological polar surface area (TPSA) is 150 Å². The summed E-state index contributed by atoms with van der Waals surface area (Å²) in [6.07, 6.45) is 0. The zero-order valence-corrected chi connectivity index (χ0v) is 15.4. The van der Waals surface area contributed by atoms with Gasteiger partial charge in [-0.1, -0.05) is 12.1 Å². The predicted molar refractivity (Wildman–Crippen MR) is 96.0 cm³/mol. The summed E-state index contributed by atoms with van der Waals surface area (Å²) >= 11 is 1.32. The second-order valence-electron chi connectivity index (χ2n) is 6.99. The number of nitrogens with two attached hydrogens (primary N) is 1. The van der Waals surface area contributed by atoms with E-state index in [0.717, 1.165) is 0 Å². The number of thioether (sulfide) groups is 1. The summed E-state index contributed by atoms with van der Waals surface area (Å²) < 4.78 is -0.680. The number of hydrogen-bond acceptors (Lipinski definition) is 6. The average Bonchev–Trinajstić information content (AvgIpc) is 2.87. The molecule has 5 N–H and O–H groups in total. The number of carboxylic acid groups (broad SMARTS) is 2. The minimum absolute atomic E-state index is 0.0699. The molecule has 9 nitrogen and oxygen atoms in total. The molecule has 2 fully saturated rings. The van der Waals surface area contributed by atoms with Crippen molar-refractivity contribution in [2.75, 3.05) is 0 Å². The molecule has 0 radical (unpaired) electrons. The maximum absolute atomic E-state index is 12.4. The zero-order chi connectivity index (χ0) is 20.1. The van der Waals surface area contributed by atoms with Crippen LogP contribution in [0.1, 0.15) is 35.8 Å². The number of carbonyl (C=O) groups is 4. The van der Waals surface area contributed by atoms with Gasteiger partial charge in [0.15, 0.2) is 0 Å². The van der Waals surface area contributed by atoms with Crippen molar-refractivity contribution < 1.29 is 29.4 Å². The van der Waals surface area contributed by atoms with Crippen LogP contribution in [0, 0.1) is 0 Å². The van der Waals surface area contributed by atoms with E-state index >= 15 is 0 Å². The molecule has 0 unspecified atom stereocenters. The largest absolute Gasteiger partial charge is 0.480 e. The number of rotatable bonds is 5. The lowest BCUT2D eigenvalue weighted by Gasteiger charge is -2.43. The second-order valence-corrected chi connectivity index (χ2v) is 8.76. The molecule has 2 amide bonds. The highest BCUT2D eigenvalue weighted by molar-refractivity contribution is 8.01. The van der Waals surface area contributed by atoms with Gasteiger partial charge in [-0.2, -0.15) is 0 Å². The van der Waals surface area contributed by atoms with Gasteiger partial charge < -0.3 is 26.2 Å². The number of hydrogen-bond donors (Lipinski definition) is 4. The van der Waals surface area contributed by atoms with E-state index in [9.17, 15) is 24.3 Å². The number of aliphatic carboxylic acids is 1. The van der Waals surface area contributed by atoms with E-state index in [1.807, 2.05) is 0 Å². The van der Waals surface area contributed by atoms with Gasteiger partial charge in [0.1, 0.15) is 23.5 Å². The summed E-state index contributed by atoms with van der Waals surface area (Å²) in [5.41, 5.74) is 6.39. The SMILES string of the molecule is CC1(C)S[C@@H]2[C@H](NC(=O)[C@H](N)c3ccc(C(=O)O)cc3)C(=O)N2[C@H]1C(=O)O. The van der Waals surface area contributed by atoms with Crippen LogP contribution < -0.4 is 11.1 Å². The van der Waals surface area contributed by atoms with Crippen LogP contribution in [-0.4, -0.2) is 61.1 Å². The molecule has 1 aromatic carbocycles. The molecule has 1 aromatic rings. The number of fused-ring (bicyclic) bond motifs is 1. The summed E-state index contributed by atoms with van der Waals surface area (Å²) in [4.78, 5) is 48.5. The Morgan fingerprint density at radius 3 is 2.33 bits per heavy atom. The molecule has 0 aliphatic carbocycles. The van der Waals surface area contributed by atoms with Crippen molar-refractivity contribution in [3.8, 4) is 0 Å². The van der Waals surface area contributed by atoms with E-state index in [0.29, 0.717) is 5.56 Å². The van der Waals surface area contributed by atoms with E-state index in [4.69, 9.17) is 10.8 Å². The molecule has 0 saturated carbocycles. The summed E-state index contributed by atoms with van der Waals surface area (Å²) in [5, 5.41) is 20.4. The Hall–Kier alpha value is -2.59. The minimum atomic E-state index is -1.09. The Labute approximate surface area is 158 Å². The van der Waals surface area contributed by atoms with Crippen molar-refractivity contribution >= 4 is 35.5 Å². The molecule has 0 aromatic heterocycles. The van der Waals surface area contributed by atoms with Crippen LogP contribution in [0.15, 0.2) is 24.3 Å². The Morgan fingerprint density at radius 1 is 1.22 bits per heavy atom. The molecule has 27 heavy (non-hydrogen) atoms. The third-order valence-electron chi connectivity index (χ3n) is 4.77. The maximum atomic E-state index is 12.4. The monoisotopic (exact) mass is 393 g/mol. The fourth-order valence-electron chi connectivity index (χ4n) is 3.37. The molecule has 144 valence electrons. The van der Waals surface area contributed by atoms with Gasteiger partial charge in [0, 0.05) is 4.75 Å². The average molecular weight is 393 g/mol. The number of benzene rings is 1. The highest BCUT2D eigenvalue weighted by Gasteiger charge is 2.64. The third kappa shape index (κ3) is 3.15. The van der Waals surface area contributed by atoms with Crippen molar-refractivity contribution in [3.63, 3.8) is 0 Å². The molecule has 2 aliphatic heterocycles. The summed E-state index contributed by atoms with van der Waals surface area (Å²) in [6.45, 7) is 3.49. The van der Waals surface area contributed by atoms with E-state index in [1.165, 1.54) is 40.9 Å². The second kappa shape index (κ2) is 6.54. The minimum Gasteiger partial charge on any atom is -0.480 e. The number of nitrogens with one attached hydrogen (secondary N) is 1. The standard InChI is InChI=1S/C17H19N3O6S/c1-17(2)11(16(25)26)20-13(22)10(14(20)27-17)19-12(21)9(18)7-3-5-8(6-4-7)15(23)24/h3-6,9-11,14H,18H2,1-2H3,(H,19,21)(H,23,24)(H,25,26)/t9-,10-,11+,14-/m1/s1. The first-order chi connectivity index (χ1) is 12.5. The number of carbonyl (C=O) groups excluding carboxylic acids is 2. The quantitative estimate of drug-likeness (QED) is 0.511. The molecule has 2 heterocycles. The van der Waals surface area contributed by atoms with E-state index in [1.54, 1.807) is 13.8 Å². The van der Waals surface area contributed by atoms with Crippen LogP contribution in [0.4, 0.5) is 0 Å². The number of nitrogens with zero attached hydrogens (tertiary/aromatic N) is 1. The van der Waals surface area contributed by atoms with Crippen LogP contribution in [0.3, 0.4) is 0 Å². The number of β-lactam (4-membered cyclic amide) rings is 1. The van der Waals surface area contributed by atoms with E-state index in [-0.39, 0.29) is 5.56 Å². The lowest BCUT2D eigenvalue weighted by atomic mass is 9.95. The van der Waals surface area contributed by atoms with Gasteiger partial charge >= 0.3 is 11.9 Å². The van der Waals surface area contributed by atoms with Crippen LogP contribution in [-0.2, 0) is 14.4 Å². The summed E-state index contributed by atoms with van der Waals surface area (Å²) in [6, 6.07) is 2.69. The normalized spacial score (nSPS) is 26.7. The summed E-state index contributed by atoms with van der Waals surface area (Å²) in [7, 11) is 0. The molecule has 3 rings (SSSR count). The molecule has 0 spiro atoms. The fraction of sp³-hybridized carbons (Fsp3) is 0.412. The maximum Gasteiger partial charge on any atom is 0.335 e. The van der Waals surface area contributed by atoms with Gasteiger partial charge in [0.2, 0.25) is 11.8 Å². The Bertz CT molecular complexity index is 824. The highest BCUT2D eigenvalue weighted by atomic mass is 32.2. The van der Waals surface area contributed by atoms with Gasteiger partial charge in [-0.15, -0.1) is 11.8 Å². The number of aromatic carboxylic acids is 1. The molecule has 2 aliphatic rings. The Morgan fingerprint density at radius 2 is 1.81 bits per heavy atom. The van der Waals surface area contributed by atoms with E-state index < -0.39 is 52.0 Å².